The lowest BCUT2D eigenvalue weighted by atomic mass is 9.97. The highest BCUT2D eigenvalue weighted by molar-refractivity contribution is 5.93. The third-order valence-electron chi connectivity index (χ3n) is 3.27. The molecular formula is C15H14N2O2. The second-order valence-electron chi connectivity index (χ2n) is 4.41. The molecule has 4 heteroatoms. The molecule has 3 rings (SSSR count). The van der Waals surface area contributed by atoms with Gasteiger partial charge in [0.25, 0.3) is 0 Å². The van der Waals surface area contributed by atoms with E-state index in [1.807, 2.05) is 36.5 Å². The maximum Gasteiger partial charge on any atom is 0.137 e. The summed E-state index contributed by atoms with van der Waals surface area (Å²) in [5.41, 5.74) is 4.42. The molecule has 96 valence electrons. The first-order valence-electron chi connectivity index (χ1n) is 6.09. The number of pyridine rings is 1. The summed E-state index contributed by atoms with van der Waals surface area (Å²) in [7, 11) is 0. The number of aliphatic hydroxyl groups excluding tert-OH is 2. The van der Waals surface area contributed by atoms with Gasteiger partial charge in [-0.25, -0.2) is 4.98 Å². The van der Waals surface area contributed by atoms with Crippen LogP contribution in [-0.2, 0) is 13.2 Å². The first-order chi connectivity index (χ1) is 9.33. The Morgan fingerprint density at radius 3 is 2.68 bits per heavy atom. The number of aromatic amines is 1. The lowest BCUT2D eigenvalue weighted by Crippen LogP contribution is -1.94. The minimum atomic E-state index is -0.0581. The van der Waals surface area contributed by atoms with E-state index in [2.05, 4.69) is 9.97 Å². The molecule has 3 N–H and O–H groups in total. The van der Waals surface area contributed by atoms with Crippen LogP contribution in [0.2, 0.25) is 0 Å². The Bertz CT molecular complexity index is 719. The Morgan fingerprint density at radius 2 is 1.89 bits per heavy atom. The molecule has 0 radical (unpaired) electrons. The van der Waals surface area contributed by atoms with E-state index in [0.717, 1.165) is 33.3 Å². The summed E-state index contributed by atoms with van der Waals surface area (Å²) >= 11 is 0. The van der Waals surface area contributed by atoms with Crippen molar-refractivity contribution in [3.63, 3.8) is 0 Å². The number of rotatable bonds is 3. The Hall–Kier alpha value is -2.17. The second-order valence-corrected chi connectivity index (χ2v) is 4.41. The molecule has 0 aliphatic rings. The molecule has 0 aliphatic heterocycles. The molecule has 2 heterocycles. The van der Waals surface area contributed by atoms with Crippen molar-refractivity contribution in [2.75, 3.05) is 0 Å². The summed E-state index contributed by atoms with van der Waals surface area (Å²) in [6.45, 7) is -0.0827. The number of nitrogens with one attached hydrogen (secondary N) is 1. The number of hydrogen-bond donors (Lipinski definition) is 3. The van der Waals surface area contributed by atoms with Crippen LogP contribution >= 0.6 is 0 Å². The normalized spacial score (nSPS) is 11.1. The van der Waals surface area contributed by atoms with E-state index < -0.39 is 0 Å². The first kappa shape index (κ1) is 11.9. The van der Waals surface area contributed by atoms with Crippen molar-refractivity contribution in [2.24, 2.45) is 0 Å². The molecule has 0 unspecified atom stereocenters. The predicted octanol–water partition coefficient (Wildman–Crippen LogP) is 2.21. The molecule has 3 aromatic rings. The standard InChI is InChI=1S/C15H14N2O2/c18-8-10-1-2-12(11(7-10)9-19)13-3-5-16-15-14(13)4-6-17-15/h1-7,18-19H,8-9H2,(H,16,17). The highest BCUT2D eigenvalue weighted by Gasteiger charge is 2.10. The van der Waals surface area contributed by atoms with Gasteiger partial charge < -0.3 is 15.2 Å². The van der Waals surface area contributed by atoms with Gasteiger partial charge in [0.2, 0.25) is 0 Å². The van der Waals surface area contributed by atoms with Crippen LogP contribution in [0.3, 0.4) is 0 Å². The number of benzene rings is 1. The summed E-state index contributed by atoms with van der Waals surface area (Å²) < 4.78 is 0. The molecule has 0 saturated carbocycles. The van der Waals surface area contributed by atoms with Crippen LogP contribution in [0.15, 0.2) is 42.7 Å². The van der Waals surface area contributed by atoms with Gasteiger partial charge in [0, 0.05) is 17.8 Å². The van der Waals surface area contributed by atoms with Crippen molar-refractivity contribution < 1.29 is 10.2 Å². The van der Waals surface area contributed by atoms with Gasteiger partial charge in [-0.1, -0.05) is 18.2 Å². The van der Waals surface area contributed by atoms with Crippen LogP contribution in [0.5, 0.6) is 0 Å². The van der Waals surface area contributed by atoms with Crippen LogP contribution in [0.25, 0.3) is 22.2 Å². The molecule has 1 aromatic carbocycles. The lowest BCUT2D eigenvalue weighted by molar-refractivity contribution is 0.276. The fourth-order valence-corrected chi connectivity index (χ4v) is 2.33. The molecule has 0 spiro atoms. The molecule has 0 saturated heterocycles. The van der Waals surface area contributed by atoms with E-state index in [0.29, 0.717) is 0 Å². The van der Waals surface area contributed by atoms with E-state index in [9.17, 15) is 5.11 Å². The second kappa shape index (κ2) is 4.84. The largest absolute Gasteiger partial charge is 0.392 e. The molecule has 4 nitrogen and oxygen atoms in total. The third-order valence-corrected chi connectivity index (χ3v) is 3.27. The molecule has 0 aliphatic carbocycles. The Balaban J connectivity index is 2.23. The maximum atomic E-state index is 9.52. The zero-order valence-electron chi connectivity index (χ0n) is 10.3. The Morgan fingerprint density at radius 1 is 1.00 bits per heavy atom. The van der Waals surface area contributed by atoms with Gasteiger partial charge in [0.15, 0.2) is 0 Å². The van der Waals surface area contributed by atoms with Crippen LogP contribution in [0.4, 0.5) is 0 Å². The van der Waals surface area contributed by atoms with Crippen molar-refractivity contribution >= 4 is 11.0 Å². The van der Waals surface area contributed by atoms with Crippen LogP contribution in [0, 0.1) is 0 Å². The fourth-order valence-electron chi connectivity index (χ4n) is 2.33. The van der Waals surface area contributed by atoms with E-state index in [4.69, 9.17) is 5.11 Å². The summed E-state index contributed by atoms with van der Waals surface area (Å²) in [6.07, 6.45) is 3.59. The van der Waals surface area contributed by atoms with Crippen LogP contribution < -0.4 is 0 Å². The zero-order valence-corrected chi connectivity index (χ0v) is 10.3. The maximum absolute atomic E-state index is 9.52. The molecule has 2 aromatic heterocycles. The van der Waals surface area contributed by atoms with E-state index >= 15 is 0 Å². The van der Waals surface area contributed by atoms with Gasteiger partial charge in [-0.05, 0) is 34.4 Å². The van der Waals surface area contributed by atoms with E-state index in [1.54, 1.807) is 6.20 Å². The molecular weight excluding hydrogens is 240 g/mol. The van der Waals surface area contributed by atoms with Gasteiger partial charge in [-0.15, -0.1) is 0 Å². The molecule has 0 amide bonds. The monoisotopic (exact) mass is 254 g/mol. The number of aromatic nitrogens is 2. The minimum absolute atomic E-state index is 0.0246. The summed E-state index contributed by atoms with van der Waals surface area (Å²) in [4.78, 5) is 7.33. The number of aliphatic hydroxyl groups is 2. The Kier molecular flexibility index (Phi) is 3.03. The smallest absolute Gasteiger partial charge is 0.137 e. The quantitative estimate of drug-likeness (QED) is 0.671. The summed E-state index contributed by atoms with van der Waals surface area (Å²) in [5, 5.41) is 19.7. The third kappa shape index (κ3) is 2.01. The van der Waals surface area contributed by atoms with Gasteiger partial charge in [-0.3, -0.25) is 0 Å². The van der Waals surface area contributed by atoms with Crippen LogP contribution in [0.1, 0.15) is 11.1 Å². The average molecular weight is 254 g/mol. The summed E-state index contributed by atoms with van der Waals surface area (Å²) in [5.74, 6) is 0. The highest BCUT2D eigenvalue weighted by Crippen LogP contribution is 2.30. The van der Waals surface area contributed by atoms with Gasteiger partial charge in [0.1, 0.15) is 5.65 Å². The van der Waals surface area contributed by atoms with Crippen LogP contribution in [-0.4, -0.2) is 20.2 Å². The predicted molar refractivity (Wildman–Crippen MR) is 73.4 cm³/mol. The lowest BCUT2D eigenvalue weighted by Gasteiger charge is -2.10. The minimum Gasteiger partial charge on any atom is -0.392 e. The van der Waals surface area contributed by atoms with Crippen molar-refractivity contribution in [3.05, 3.63) is 53.9 Å². The SMILES string of the molecule is OCc1ccc(-c2ccnc3[nH]ccc23)c(CO)c1. The highest BCUT2D eigenvalue weighted by atomic mass is 16.3. The topological polar surface area (TPSA) is 69.1 Å². The van der Waals surface area contributed by atoms with E-state index in [-0.39, 0.29) is 13.2 Å². The van der Waals surface area contributed by atoms with Gasteiger partial charge in [0.05, 0.1) is 13.2 Å². The molecule has 0 atom stereocenters. The summed E-state index contributed by atoms with van der Waals surface area (Å²) in [6, 6.07) is 9.53. The number of nitrogens with zero attached hydrogens (tertiary/aromatic N) is 1. The Labute approximate surface area is 110 Å². The van der Waals surface area contributed by atoms with Crippen molar-refractivity contribution in [3.8, 4) is 11.1 Å². The molecule has 0 bridgehead atoms. The van der Waals surface area contributed by atoms with Crippen molar-refractivity contribution in [2.45, 2.75) is 13.2 Å². The van der Waals surface area contributed by atoms with Crippen molar-refractivity contribution in [1.29, 1.82) is 0 Å². The first-order valence-corrected chi connectivity index (χ1v) is 6.09. The molecule has 19 heavy (non-hydrogen) atoms. The molecule has 0 fully saturated rings. The fraction of sp³-hybridized carbons (Fsp3) is 0.133. The average Bonchev–Trinajstić information content (AvgIpc) is 2.95. The zero-order chi connectivity index (χ0) is 13.2. The number of hydrogen-bond acceptors (Lipinski definition) is 3. The van der Waals surface area contributed by atoms with E-state index in [1.165, 1.54) is 0 Å². The van der Waals surface area contributed by atoms with Gasteiger partial charge >= 0.3 is 0 Å². The number of H-pyrrole nitrogens is 1. The van der Waals surface area contributed by atoms with Crippen molar-refractivity contribution in [1.82, 2.24) is 9.97 Å². The number of fused-ring (bicyclic) bond motifs is 1. The van der Waals surface area contributed by atoms with Gasteiger partial charge in [-0.2, -0.15) is 0 Å².